The van der Waals surface area contributed by atoms with Crippen LogP contribution in [0.1, 0.15) is 0 Å². The highest BCUT2D eigenvalue weighted by Gasteiger charge is 1.95. The Morgan fingerprint density at radius 2 is 2.83 bits per heavy atom. The van der Waals surface area contributed by atoms with Crippen LogP contribution in [0.15, 0.2) is 5.16 Å². The molecule has 1 rings (SSSR count). The van der Waals surface area contributed by atoms with E-state index in [1.165, 1.54) is 11.3 Å². The first-order valence-electron chi connectivity index (χ1n) is 1.56. The Hall–Kier alpha value is -0.770. The summed E-state index contributed by atoms with van der Waals surface area (Å²) < 4.78 is 0. The third kappa shape index (κ3) is 0.414. The molecule has 0 radical (unpaired) electrons. The lowest BCUT2D eigenvalue weighted by atomic mass is 11.1. The molecule has 4 nitrogen and oxygen atoms in total. The van der Waals surface area contributed by atoms with Crippen LogP contribution in [-0.2, 0) is 4.84 Å². The average Bonchev–Trinajstić information content (AvgIpc) is 1.86. The Labute approximate surface area is 35.1 Å². The van der Waals surface area contributed by atoms with E-state index < -0.39 is 0 Å². The van der Waals surface area contributed by atoms with Crippen molar-refractivity contribution in [1.29, 1.82) is 0 Å². The standard InChI is InChI=1S/C2H5N3O/c3-5-1-4-6-2-5/h1H,2-3H2. The normalized spacial score (nSPS) is 18.5. The average molecular weight is 87.1 g/mol. The van der Waals surface area contributed by atoms with E-state index >= 15 is 0 Å². The zero-order chi connectivity index (χ0) is 4.41. The molecule has 34 valence electrons. The van der Waals surface area contributed by atoms with Crippen LogP contribution in [0.25, 0.3) is 0 Å². The summed E-state index contributed by atoms with van der Waals surface area (Å²) in [7, 11) is 0. The minimum Gasteiger partial charge on any atom is -0.371 e. The van der Waals surface area contributed by atoms with Gasteiger partial charge in [0.15, 0.2) is 0 Å². The molecule has 1 aliphatic rings. The van der Waals surface area contributed by atoms with Crippen molar-refractivity contribution < 1.29 is 4.84 Å². The van der Waals surface area contributed by atoms with Gasteiger partial charge in [0.25, 0.3) is 0 Å². The second-order valence-electron chi connectivity index (χ2n) is 0.993. The lowest BCUT2D eigenvalue weighted by molar-refractivity contribution is 0.110. The molecule has 1 heterocycles. The molecule has 4 heteroatoms. The maximum absolute atomic E-state index is 5.09. The molecule has 0 aromatic heterocycles. The fourth-order valence-electron chi connectivity index (χ4n) is 0.227. The van der Waals surface area contributed by atoms with E-state index in [9.17, 15) is 0 Å². The largest absolute Gasteiger partial charge is 0.371 e. The predicted molar refractivity (Wildman–Crippen MR) is 20.5 cm³/mol. The molecule has 2 N–H and O–H groups in total. The molecule has 0 saturated carbocycles. The maximum Gasteiger partial charge on any atom is 0.203 e. The summed E-state index contributed by atoms with van der Waals surface area (Å²) >= 11 is 0. The summed E-state index contributed by atoms with van der Waals surface area (Å²) in [5.74, 6) is 5.09. The number of nitrogens with two attached hydrogens (primary N) is 1. The molecule has 0 fully saturated rings. The highest BCUT2D eigenvalue weighted by Crippen LogP contribution is 1.84. The number of oxime groups is 1. The first-order chi connectivity index (χ1) is 2.89. The molecule has 0 amide bonds. The SMILES string of the molecule is NN1C=NOC1. The predicted octanol–water partition coefficient (Wildman–Crippen LogP) is -0.907. The van der Waals surface area contributed by atoms with E-state index in [-0.39, 0.29) is 0 Å². The van der Waals surface area contributed by atoms with E-state index in [0.29, 0.717) is 6.73 Å². The Morgan fingerprint density at radius 1 is 2.00 bits per heavy atom. The summed E-state index contributed by atoms with van der Waals surface area (Å²) in [6.45, 7) is 0.375. The van der Waals surface area contributed by atoms with Gasteiger partial charge in [-0.3, -0.25) is 5.01 Å². The lowest BCUT2D eigenvalue weighted by Crippen LogP contribution is -2.26. The van der Waals surface area contributed by atoms with E-state index in [0.717, 1.165) is 0 Å². The molecule has 0 saturated heterocycles. The van der Waals surface area contributed by atoms with Crippen molar-refractivity contribution in [2.75, 3.05) is 6.73 Å². The van der Waals surface area contributed by atoms with Crippen molar-refractivity contribution in [3.8, 4) is 0 Å². The molecular formula is C2H5N3O. The van der Waals surface area contributed by atoms with Crippen LogP contribution < -0.4 is 5.84 Å². The fraction of sp³-hybridized carbons (Fsp3) is 0.500. The van der Waals surface area contributed by atoms with Gasteiger partial charge in [-0.1, -0.05) is 5.16 Å². The zero-order valence-corrected chi connectivity index (χ0v) is 3.16. The van der Waals surface area contributed by atoms with Crippen molar-refractivity contribution in [3.05, 3.63) is 0 Å². The number of nitrogens with zero attached hydrogens (tertiary/aromatic N) is 2. The Kier molecular flexibility index (Phi) is 0.648. The monoisotopic (exact) mass is 87.0 g/mol. The smallest absolute Gasteiger partial charge is 0.203 e. The second kappa shape index (κ2) is 1.14. The van der Waals surface area contributed by atoms with Crippen molar-refractivity contribution in [3.63, 3.8) is 0 Å². The van der Waals surface area contributed by atoms with E-state index in [2.05, 4.69) is 9.99 Å². The minimum atomic E-state index is 0.375. The molecule has 6 heavy (non-hydrogen) atoms. The quantitative estimate of drug-likeness (QED) is 0.389. The summed E-state index contributed by atoms with van der Waals surface area (Å²) in [4.78, 5) is 4.43. The van der Waals surface area contributed by atoms with Crippen LogP contribution in [0, 0.1) is 0 Å². The third-order valence-electron chi connectivity index (χ3n) is 0.477. The fourth-order valence-corrected chi connectivity index (χ4v) is 0.227. The molecule has 0 bridgehead atoms. The molecular weight excluding hydrogens is 82.0 g/mol. The van der Waals surface area contributed by atoms with Gasteiger partial charge in [0, 0.05) is 0 Å². The molecule has 0 aromatic rings. The van der Waals surface area contributed by atoms with Crippen LogP contribution >= 0.6 is 0 Å². The Balaban J connectivity index is 2.38. The zero-order valence-electron chi connectivity index (χ0n) is 3.16. The number of hydrogen-bond donors (Lipinski definition) is 1. The molecule has 0 aliphatic carbocycles. The van der Waals surface area contributed by atoms with E-state index in [4.69, 9.17) is 5.84 Å². The van der Waals surface area contributed by atoms with Crippen LogP contribution in [-0.4, -0.2) is 18.1 Å². The van der Waals surface area contributed by atoms with Gasteiger partial charge in [-0.2, -0.15) is 0 Å². The Bertz CT molecular complexity index is 71.2. The highest BCUT2D eigenvalue weighted by molar-refractivity contribution is 5.53. The van der Waals surface area contributed by atoms with Gasteiger partial charge in [-0.25, -0.2) is 5.84 Å². The van der Waals surface area contributed by atoms with Gasteiger partial charge >= 0.3 is 0 Å². The van der Waals surface area contributed by atoms with Crippen LogP contribution in [0.3, 0.4) is 0 Å². The van der Waals surface area contributed by atoms with Gasteiger partial charge in [-0.05, 0) is 0 Å². The van der Waals surface area contributed by atoms with Gasteiger partial charge in [0.2, 0.25) is 6.73 Å². The minimum absolute atomic E-state index is 0.375. The van der Waals surface area contributed by atoms with Crippen molar-refractivity contribution in [2.24, 2.45) is 11.0 Å². The molecule has 0 spiro atoms. The molecule has 0 unspecified atom stereocenters. The van der Waals surface area contributed by atoms with Crippen molar-refractivity contribution >= 4 is 6.34 Å². The summed E-state index contributed by atoms with van der Waals surface area (Å²) in [5.41, 5.74) is 0. The topological polar surface area (TPSA) is 50.8 Å². The lowest BCUT2D eigenvalue weighted by Gasteiger charge is -1.97. The number of rotatable bonds is 0. The van der Waals surface area contributed by atoms with Gasteiger partial charge in [-0.15, -0.1) is 0 Å². The summed E-state index contributed by atoms with van der Waals surface area (Å²) in [6, 6.07) is 0. The molecule has 0 aromatic carbocycles. The summed E-state index contributed by atoms with van der Waals surface area (Å²) in [5, 5.41) is 4.69. The van der Waals surface area contributed by atoms with Crippen molar-refractivity contribution in [1.82, 2.24) is 5.01 Å². The first-order valence-corrected chi connectivity index (χ1v) is 1.56. The molecule has 1 aliphatic heterocycles. The molecule has 0 atom stereocenters. The number of hydrogen-bond acceptors (Lipinski definition) is 4. The van der Waals surface area contributed by atoms with E-state index in [1.54, 1.807) is 0 Å². The third-order valence-corrected chi connectivity index (χ3v) is 0.477. The highest BCUT2D eigenvalue weighted by atomic mass is 16.7. The Morgan fingerprint density at radius 3 is 3.00 bits per heavy atom. The second-order valence-corrected chi connectivity index (χ2v) is 0.993. The first kappa shape index (κ1) is 3.42. The van der Waals surface area contributed by atoms with Crippen molar-refractivity contribution in [2.45, 2.75) is 0 Å². The van der Waals surface area contributed by atoms with E-state index in [1.807, 2.05) is 0 Å². The van der Waals surface area contributed by atoms with Gasteiger partial charge in [0.05, 0.1) is 0 Å². The van der Waals surface area contributed by atoms with Crippen LogP contribution in [0.2, 0.25) is 0 Å². The maximum atomic E-state index is 5.09. The van der Waals surface area contributed by atoms with Crippen LogP contribution in [0.5, 0.6) is 0 Å². The van der Waals surface area contributed by atoms with Gasteiger partial charge < -0.3 is 4.84 Å². The summed E-state index contributed by atoms with van der Waals surface area (Å²) in [6.07, 6.45) is 1.42. The van der Waals surface area contributed by atoms with Crippen LogP contribution in [0.4, 0.5) is 0 Å². The number of hydrazine groups is 1. The van der Waals surface area contributed by atoms with Gasteiger partial charge in [0.1, 0.15) is 6.34 Å².